The molecule has 2 aromatic heterocycles. The molecule has 0 aliphatic heterocycles. The van der Waals surface area contributed by atoms with Crippen LogP contribution in [0.25, 0.3) is 27.6 Å². The van der Waals surface area contributed by atoms with Gasteiger partial charge in [-0.2, -0.15) is 5.26 Å². The molecule has 0 bridgehead atoms. The molecule has 0 amide bonds. The number of nitrogens with zero attached hydrogens (tertiary/aromatic N) is 2. The molecule has 2 heterocycles. The summed E-state index contributed by atoms with van der Waals surface area (Å²) in [4.78, 5) is 16.1. The first-order valence-electron chi connectivity index (χ1n) is 8.21. The van der Waals surface area contributed by atoms with Gasteiger partial charge in [0.05, 0.1) is 20.7 Å². The van der Waals surface area contributed by atoms with Gasteiger partial charge >= 0.3 is 5.97 Å². The lowest BCUT2D eigenvalue weighted by atomic mass is 10.1. The molecule has 0 saturated heterocycles. The Morgan fingerprint density at radius 2 is 2.04 bits per heavy atom. The van der Waals surface area contributed by atoms with Crippen LogP contribution in [-0.2, 0) is 0 Å². The van der Waals surface area contributed by atoms with Crippen LogP contribution in [0.3, 0.4) is 0 Å². The number of carboxylic acid groups (broad SMARTS) is 1. The Labute approximate surface area is 168 Å². The van der Waals surface area contributed by atoms with E-state index < -0.39 is 5.97 Å². The lowest BCUT2D eigenvalue weighted by Gasteiger charge is -1.99. The number of carboxylic acids is 1. The predicted molar refractivity (Wildman–Crippen MR) is 110 cm³/mol. The highest BCUT2D eigenvalue weighted by molar-refractivity contribution is 8.05. The van der Waals surface area contributed by atoms with Gasteiger partial charge in [-0.05, 0) is 48.2 Å². The van der Waals surface area contributed by atoms with Crippen molar-refractivity contribution in [3.63, 3.8) is 0 Å². The van der Waals surface area contributed by atoms with Crippen molar-refractivity contribution < 1.29 is 14.3 Å². The van der Waals surface area contributed by atoms with Crippen LogP contribution in [0.5, 0.6) is 0 Å². The topological polar surface area (TPSA) is 87.1 Å². The fourth-order valence-corrected chi connectivity index (χ4v) is 4.55. The van der Waals surface area contributed by atoms with Gasteiger partial charge in [-0.25, -0.2) is 9.78 Å². The van der Waals surface area contributed by atoms with E-state index in [1.807, 2.05) is 24.3 Å². The maximum Gasteiger partial charge on any atom is 0.335 e. The number of nitriles is 1. The Balaban J connectivity index is 1.58. The van der Waals surface area contributed by atoms with Gasteiger partial charge in [0.25, 0.3) is 0 Å². The highest BCUT2D eigenvalue weighted by Gasteiger charge is 2.10. The summed E-state index contributed by atoms with van der Waals surface area (Å²) in [6.07, 6.45) is 1.65. The van der Waals surface area contributed by atoms with Gasteiger partial charge in [-0.15, -0.1) is 11.3 Å². The summed E-state index contributed by atoms with van der Waals surface area (Å²) in [6.45, 7) is 0. The highest BCUT2D eigenvalue weighted by Crippen LogP contribution is 2.35. The van der Waals surface area contributed by atoms with E-state index in [1.165, 1.54) is 29.2 Å². The molecule has 0 spiro atoms. The largest absolute Gasteiger partial charge is 0.478 e. The number of fused-ring (bicyclic) bond motifs is 1. The third-order valence-corrected chi connectivity index (χ3v) is 5.90. The van der Waals surface area contributed by atoms with Crippen LogP contribution in [0.4, 0.5) is 0 Å². The lowest BCUT2D eigenvalue weighted by molar-refractivity contribution is 0.0697. The zero-order valence-electron chi connectivity index (χ0n) is 14.3. The van der Waals surface area contributed by atoms with Gasteiger partial charge in [0, 0.05) is 11.6 Å². The fraction of sp³-hybridized carbons (Fsp3) is 0. The molecule has 0 fully saturated rings. The van der Waals surface area contributed by atoms with Crippen LogP contribution in [0, 0.1) is 11.3 Å². The SMILES string of the molecule is N#C/C(=C\c1ccc(-c2cccc(C(=O)O)c2)o1)Sc1nc2ccccc2s1. The minimum atomic E-state index is -0.993. The van der Waals surface area contributed by atoms with Crippen LogP contribution < -0.4 is 0 Å². The molecule has 0 unspecified atom stereocenters. The standard InChI is InChI=1S/C21H12N2O3S2/c22-12-16(27-21-23-17-6-1-2-7-19(17)28-21)11-15-8-9-18(26-15)13-4-3-5-14(10-13)20(24)25/h1-11H,(H,24,25)/b16-11+. The number of hydrogen-bond donors (Lipinski definition) is 1. The van der Waals surface area contributed by atoms with E-state index in [2.05, 4.69) is 11.1 Å². The van der Waals surface area contributed by atoms with Crippen molar-refractivity contribution >= 4 is 45.4 Å². The normalized spacial score (nSPS) is 11.5. The summed E-state index contributed by atoms with van der Waals surface area (Å²) in [5.41, 5.74) is 1.76. The smallest absolute Gasteiger partial charge is 0.335 e. The minimum absolute atomic E-state index is 0.190. The quantitative estimate of drug-likeness (QED) is 0.329. The Hall–Kier alpha value is -3.34. The van der Waals surface area contributed by atoms with E-state index in [1.54, 1.807) is 36.4 Å². The van der Waals surface area contributed by atoms with E-state index in [9.17, 15) is 10.1 Å². The summed E-state index contributed by atoms with van der Waals surface area (Å²) in [7, 11) is 0. The summed E-state index contributed by atoms with van der Waals surface area (Å²) in [5, 5.41) is 18.6. The zero-order valence-corrected chi connectivity index (χ0v) is 16.0. The number of benzene rings is 2. The van der Waals surface area contributed by atoms with Gasteiger partial charge in [0.1, 0.15) is 17.6 Å². The van der Waals surface area contributed by atoms with E-state index in [-0.39, 0.29) is 5.56 Å². The zero-order chi connectivity index (χ0) is 19.5. The van der Waals surface area contributed by atoms with Crippen LogP contribution in [0.1, 0.15) is 16.1 Å². The number of rotatable bonds is 5. The number of thiazole rings is 1. The number of allylic oxidation sites excluding steroid dienone is 1. The molecule has 28 heavy (non-hydrogen) atoms. The summed E-state index contributed by atoms with van der Waals surface area (Å²) < 4.78 is 7.64. The monoisotopic (exact) mass is 404 g/mol. The first kappa shape index (κ1) is 18.0. The second-order valence-corrected chi connectivity index (χ2v) is 8.08. The molecule has 0 aliphatic carbocycles. The van der Waals surface area contributed by atoms with Gasteiger partial charge in [-0.3, -0.25) is 0 Å². The molecule has 0 aliphatic rings. The highest BCUT2D eigenvalue weighted by atomic mass is 32.2. The molecule has 2 aromatic carbocycles. The molecular weight excluding hydrogens is 392 g/mol. The second kappa shape index (κ2) is 7.72. The average molecular weight is 404 g/mol. The van der Waals surface area contributed by atoms with Gasteiger partial charge in [-0.1, -0.05) is 24.3 Å². The number of para-hydroxylation sites is 1. The van der Waals surface area contributed by atoms with Crippen molar-refractivity contribution in [2.75, 3.05) is 0 Å². The van der Waals surface area contributed by atoms with Crippen molar-refractivity contribution in [3.8, 4) is 17.4 Å². The number of carbonyl (C=O) groups is 1. The second-order valence-electron chi connectivity index (χ2n) is 5.76. The maximum atomic E-state index is 11.1. The number of aromatic nitrogens is 1. The molecule has 7 heteroatoms. The third-order valence-electron chi connectivity index (χ3n) is 3.88. The third kappa shape index (κ3) is 3.83. The molecule has 5 nitrogen and oxygen atoms in total. The van der Waals surface area contributed by atoms with Gasteiger partial charge < -0.3 is 9.52 Å². The summed E-state index contributed by atoms with van der Waals surface area (Å²) in [6, 6.07) is 20.0. The summed E-state index contributed by atoms with van der Waals surface area (Å²) in [5.74, 6) is 0.0602. The predicted octanol–water partition coefficient (Wildman–Crippen LogP) is 5.91. The Bertz CT molecular complexity index is 1210. The van der Waals surface area contributed by atoms with Crippen LogP contribution in [0.2, 0.25) is 0 Å². The Morgan fingerprint density at radius 1 is 1.18 bits per heavy atom. The van der Waals surface area contributed by atoms with Crippen LogP contribution in [-0.4, -0.2) is 16.1 Å². The lowest BCUT2D eigenvalue weighted by Crippen LogP contribution is -1.95. The summed E-state index contributed by atoms with van der Waals surface area (Å²) >= 11 is 2.82. The van der Waals surface area contributed by atoms with E-state index in [0.717, 1.165) is 14.6 Å². The molecular formula is C21H12N2O3S2. The van der Waals surface area contributed by atoms with Crippen molar-refractivity contribution in [2.24, 2.45) is 0 Å². The van der Waals surface area contributed by atoms with E-state index in [0.29, 0.717) is 22.0 Å². The Kier molecular flexibility index (Phi) is 4.98. The first-order valence-corrected chi connectivity index (χ1v) is 9.84. The number of thioether (sulfide) groups is 1. The van der Waals surface area contributed by atoms with E-state index in [4.69, 9.17) is 9.52 Å². The van der Waals surface area contributed by atoms with Crippen LogP contribution in [0.15, 0.2) is 74.3 Å². The minimum Gasteiger partial charge on any atom is -0.478 e. The number of furan rings is 1. The van der Waals surface area contributed by atoms with Gasteiger partial charge in [0.15, 0.2) is 4.34 Å². The molecule has 0 atom stereocenters. The average Bonchev–Trinajstić information content (AvgIpc) is 3.34. The Morgan fingerprint density at radius 3 is 2.82 bits per heavy atom. The molecule has 1 N–H and O–H groups in total. The van der Waals surface area contributed by atoms with Crippen molar-refractivity contribution in [1.82, 2.24) is 4.98 Å². The molecule has 4 aromatic rings. The molecule has 0 saturated carbocycles. The van der Waals surface area contributed by atoms with Gasteiger partial charge in [0.2, 0.25) is 0 Å². The fourth-order valence-electron chi connectivity index (χ4n) is 2.59. The molecule has 4 rings (SSSR count). The molecule has 0 radical (unpaired) electrons. The van der Waals surface area contributed by atoms with Crippen molar-refractivity contribution in [1.29, 1.82) is 5.26 Å². The number of hydrogen-bond acceptors (Lipinski definition) is 6. The first-order chi connectivity index (χ1) is 13.6. The van der Waals surface area contributed by atoms with Crippen molar-refractivity contribution in [3.05, 3.63) is 76.9 Å². The van der Waals surface area contributed by atoms with Crippen LogP contribution >= 0.6 is 23.1 Å². The molecule has 136 valence electrons. The number of aromatic carboxylic acids is 1. The van der Waals surface area contributed by atoms with Crippen molar-refractivity contribution in [2.45, 2.75) is 4.34 Å². The maximum absolute atomic E-state index is 11.1. The van der Waals surface area contributed by atoms with E-state index >= 15 is 0 Å².